The maximum absolute atomic E-state index is 11.7. The highest BCUT2D eigenvalue weighted by molar-refractivity contribution is 5.78. The van der Waals surface area contributed by atoms with E-state index in [2.05, 4.69) is 0 Å². The largest absolute Gasteiger partial charge is 0.300 e. The van der Waals surface area contributed by atoms with E-state index in [1.54, 1.807) is 0 Å². The third-order valence-electron chi connectivity index (χ3n) is 4.30. The van der Waals surface area contributed by atoms with Crippen molar-refractivity contribution in [1.29, 1.82) is 0 Å². The predicted molar refractivity (Wildman–Crippen MR) is 62.8 cm³/mol. The molecule has 0 unspecified atom stereocenters. The Labute approximate surface area is 93.6 Å². The summed E-state index contributed by atoms with van der Waals surface area (Å²) in [7, 11) is 0. The van der Waals surface area contributed by atoms with Gasteiger partial charge in [0.15, 0.2) is 0 Å². The molecule has 2 aliphatic carbocycles. The number of Topliss-reactive ketones (excluding diaryl/α,β-unsaturated/α-hetero) is 1. The number of hydrogen-bond donors (Lipinski definition) is 0. The van der Waals surface area contributed by atoms with E-state index in [0.717, 1.165) is 24.7 Å². The highest BCUT2D eigenvalue weighted by atomic mass is 16.1. The summed E-state index contributed by atoms with van der Waals surface area (Å²) in [4.78, 5) is 11.7. The molecule has 0 heterocycles. The highest BCUT2D eigenvalue weighted by Crippen LogP contribution is 2.31. The summed E-state index contributed by atoms with van der Waals surface area (Å²) in [6, 6.07) is 0. The first-order valence-electron chi connectivity index (χ1n) is 6.86. The second-order valence-electron chi connectivity index (χ2n) is 5.58. The molecule has 1 heteroatoms. The monoisotopic (exact) mass is 208 g/mol. The molecule has 0 aromatic rings. The first-order chi connectivity index (χ1) is 7.34. The number of ketones is 1. The predicted octanol–water partition coefficient (Wildman–Crippen LogP) is 4.11. The normalized spacial score (nSPS) is 23.7. The molecule has 0 atom stereocenters. The van der Waals surface area contributed by atoms with E-state index in [1.807, 2.05) is 0 Å². The fourth-order valence-electron chi connectivity index (χ4n) is 2.96. The van der Waals surface area contributed by atoms with Crippen LogP contribution in [0.15, 0.2) is 0 Å². The molecular formula is C14H24O. The summed E-state index contributed by atoms with van der Waals surface area (Å²) in [5.74, 6) is 2.19. The van der Waals surface area contributed by atoms with Crippen molar-refractivity contribution < 1.29 is 4.79 Å². The van der Waals surface area contributed by atoms with E-state index in [4.69, 9.17) is 0 Å². The van der Waals surface area contributed by atoms with Gasteiger partial charge in [0.05, 0.1) is 0 Å². The summed E-state index contributed by atoms with van der Waals surface area (Å²) in [6.45, 7) is 0. The van der Waals surface area contributed by atoms with Gasteiger partial charge in [-0.3, -0.25) is 4.79 Å². The molecule has 2 rings (SSSR count). The van der Waals surface area contributed by atoms with Gasteiger partial charge in [0.25, 0.3) is 0 Å². The van der Waals surface area contributed by atoms with E-state index in [0.29, 0.717) is 5.78 Å². The molecule has 0 N–H and O–H groups in total. The number of carbonyl (C=O) groups excluding carboxylic acids is 1. The molecule has 2 fully saturated rings. The SMILES string of the molecule is O=C(CCC1CCCCC1)CC1CCC1. The van der Waals surface area contributed by atoms with Crippen molar-refractivity contribution in [1.82, 2.24) is 0 Å². The van der Waals surface area contributed by atoms with Crippen molar-refractivity contribution in [3.05, 3.63) is 0 Å². The average molecular weight is 208 g/mol. The summed E-state index contributed by atoms with van der Waals surface area (Å²) in [5, 5.41) is 0. The van der Waals surface area contributed by atoms with Crippen LogP contribution in [0.4, 0.5) is 0 Å². The topological polar surface area (TPSA) is 17.1 Å². The Morgan fingerprint density at radius 2 is 1.53 bits per heavy atom. The van der Waals surface area contributed by atoms with Crippen molar-refractivity contribution >= 4 is 5.78 Å². The van der Waals surface area contributed by atoms with Gasteiger partial charge < -0.3 is 0 Å². The third kappa shape index (κ3) is 3.62. The van der Waals surface area contributed by atoms with Gasteiger partial charge in [-0.05, 0) is 18.3 Å². The smallest absolute Gasteiger partial charge is 0.133 e. The van der Waals surface area contributed by atoms with E-state index < -0.39 is 0 Å². The molecule has 0 radical (unpaired) electrons. The van der Waals surface area contributed by atoms with Gasteiger partial charge >= 0.3 is 0 Å². The fraction of sp³-hybridized carbons (Fsp3) is 0.929. The van der Waals surface area contributed by atoms with E-state index in [1.165, 1.54) is 57.8 Å². The van der Waals surface area contributed by atoms with Gasteiger partial charge in [-0.2, -0.15) is 0 Å². The second kappa shape index (κ2) is 5.67. The van der Waals surface area contributed by atoms with Crippen LogP contribution in [0.5, 0.6) is 0 Å². The maximum Gasteiger partial charge on any atom is 0.133 e. The molecular weight excluding hydrogens is 184 g/mol. The van der Waals surface area contributed by atoms with Gasteiger partial charge in [-0.1, -0.05) is 51.4 Å². The lowest BCUT2D eigenvalue weighted by molar-refractivity contribution is -0.120. The zero-order valence-electron chi connectivity index (χ0n) is 9.84. The molecule has 0 aromatic carbocycles. The molecule has 0 spiro atoms. The van der Waals surface area contributed by atoms with Crippen LogP contribution in [0, 0.1) is 11.8 Å². The fourth-order valence-corrected chi connectivity index (χ4v) is 2.96. The minimum atomic E-state index is 0.547. The molecule has 2 saturated carbocycles. The minimum Gasteiger partial charge on any atom is -0.300 e. The summed E-state index contributed by atoms with van der Waals surface area (Å²) in [5.41, 5.74) is 0. The molecule has 1 nitrogen and oxygen atoms in total. The van der Waals surface area contributed by atoms with Crippen LogP contribution in [0.2, 0.25) is 0 Å². The number of rotatable bonds is 5. The third-order valence-corrected chi connectivity index (χ3v) is 4.30. The van der Waals surface area contributed by atoms with Crippen LogP contribution >= 0.6 is 0 Å². The van der Waals surface area contributed by atoms with Gasteiger partial charge in [-0.15, -0.1) is 0 Å². The van der Waals surface area contributed by atoms with Crippen molar-refractivity contribution in [3.8, 4) is 0 Å². The van der Waals surface area contributed by atoms with E-state index in [9.17, 15) is 4.79 Å². The molecule has 86 valence electrons. The molecule has 0 aromatic heterocycles. The molecule has 0 bridgehead atoms. The van der Waals surface area contributed by atoms with Crippen LogP contribution in [0.25, 0.3) is 0 Å². The summed E-state index contributed by atoms with van der Waals surface area (Å²) < 4.78 is 0. The zero-order chi connectivity index (χ0) is 10.5. The number of hydrogen-bond acceptors (Lipinski definition) is 1. The van der Waals surface area contributed by atoms with Crippen molar-refractivity contribution in [2.75, 3.05) is 0 Å². The Morgan fingerprint density at radius 3 is 2.13 bits per heavy atom. The second-order valence-corrected chi connectivity index (χ2v) is 5.58. The Kier molecular flexibility index (Phi) is 4.22. The van der Waals surface area contributed by atoms with Crippen LogP contribution in [-0.2, 0) is 4.79 Å². The van der Waals surface area contributed by atoms with Gasteiger partial charge in [0, 0.05) is 12.8 Å². The first kappa shape index (κ1) is 11.2. The van der Waals surface area contributed by atoms with Crippen LogP contribution in [0.3, 0.4) is 0 Å². The quantitative estimate of drug-likeness (QED) is 0.664. The average Bonchev–Trinajstić information content (AvgIpc) is 2.22. The molecule has 0 amide bonds. The van der Waals surface area contributed by atoms with Crippen LogP contribution < -0.4 is 0 Å². The summed E-state index contributed by atoms with van der Waals surface area (Å²) >= 11 is 0. The lowest BCUT2D eigenvalue weighted by atomic mass is 9.80. The van der Waals surface area contributed by atoms with E-state index >= 15 is 0 Å². The van der Waals surface area contributed by atoms with Crippen molar-refractivity contribution in [2.45, 2.75) is 70.6 Å². The van der Waals surface area contributed by atoms with Gasteiger partial charge in [0.2, 0.25) is 0 Å². The van der Waals surface area contributed by atoms with Gasteiger partial charge in [0.1, 0.15) is 5.78 Å². The van der Waals surface area contributed by atoms with Crippen LogP contribution in [0.1, 0.15) is 70.6 Å². The summed E-state index contributed by atoms with van der Waals surface area (Å²) in [6.07, 6.45) is 14.0. The lowest BCUT2D eigenvalue weighted by Crippen LogP contribution is -2.16. The van der Waals surface area contributed by atoms with Gasteiger partial charge in [-0.25, -0.2) is 0 Å². The Morgan fingerprint density at radius 1 is 0.867 bits per heavy atom. The number of carbonyl (C=O) groups is 1. The Hall–Kier alpha value is -0.330. The zero-order valence-corrected chi connectivity index (χ0v) is 9.84. The lowest BCUT2D eigenvalue weighted by Gasteiger charge is -2.25. The van der Waals surface area contributed by atoms with Crippen LogP contribution in [-0.4, -0.2) is 5.78 Å². The highest BCUT2D eigenvalue weighted by Gasteiger charge is 2.21. The Balaban J connectivity index is 1.57. The Bertz CT molecular complexity index is 199. The molecule has 2 aliphatic rings. The molecule has 0 saturated heterocycles. The molecule has 15 heavy (non-hydrogen) atoms. The van der Waals surface area contributed by atoms with E-state index in [-0.39, 0.29) is 0 Å². The molecule has 0 aliphatic heterocycles. The standard InChI is InChI=1S/C14H24O/c15-14(11-13-7-4-8-13)10-9-12-5-2-1-3-6-12/h12-13H,1-11H2. The maximum atomic E-state index is 11.7. The minimum absolute atomic E-state index is 0.547. The van der Waals surface area contributed by atoms with Crippen molar-refractivity contribution in [3.63, 3.8) is 0 Å². The van der Waals surface area contributed by atoms with Crippen molar-refractivity contribution in [2.24, 2.45) is 11.8 Å². The first-order valence-corrected chi connectivity index (χ1v) is 6.86.